The molecule has 0 saturated heterocycles. The van der Waals surface area contributed by atoms with E-state index in [0.29, 0.717) is 12.0 Å². The van der Waals surface area contributed by atoms with Crippen LogP contribution in [0, 0.1) is 6.92 Å². The van der Waals surface area contributed by atoms with Gasteiger partial charge in [0.15, 0.2) is 0 Å². The van der Waals surface area contributed by atoms with Gasteiger partial charge >= 0.3 is 0 Å². The summed E-state index contributed by atoms with van der Waals surface area (Å²) in [5, 5.41) is 3.06. The minimum absolute atomic E-state index is 0.108. The van der Waals surface area contributed by atoms with Gasteiger partial charge in [0.25, 0.3) is 5.91 Å². The molecule has 0 aliphatic heterocycles. The number of carbonyl (C=O) groups excluding carboxylic acids is 1. The standard InChI is InChI=1S/C23H30N2O4S/c1-17-8-13-21(16-22(17)23(26)25-19-6-4-3-5-7-19)30(27,28)24-15-14-18-9-11-20(29-2)12-10-18/h8-13,16,19,24H,3-7,14-15H2,1-2H3,(H,25,26). The molecule has 0 unspecified atom stereocenters. The van der Waals surface area contributed by atoms with Gasteiger partial charge < -0.3 is 10.1 Å². The fraction of sp³-hybridized carbons (Fsp3) is 0.435. The third-order valence-electron chi connectivity index (χ3n) is 5.57. The van der Waals surface area contributed by atoms with E-state index in [0.717, 1.165) is 42.6 Å². The molecule has 1 aliphatic carbocycles. The van der Waals surface area contributed by atoms with Gasteiger partial charge in [-0.15, -0.1) is 0 Å². The number of rotatable bonds is 8. The molecule has 2 aromatic carbocycles. The van der Waals surface area contributed by atoms with Crippen LogP contribution < -0.4 is 14.8 Å². The Labute approximate surface area is 179 Å². The number of methoxy groups -OCH3 is 1. The number of hydrogen-bond donors (Lipinski definition) is 2. The Hall–Kier alpha value is -2.38. The van der Waals surface area contributed by atoms with Crippen molar-refractivity contribution in [3.8, 4) is 5.75 Å². The van der Waals surface area contributed by atoms with Gasteiger partial charge in [-0.3, -0.25) is 4.79 Å². The number of hydrogen-bond acceptors (Lipinski definition) is 4. The molecule has 0 heterocycles. The normalized spacial score (nSPS) is 15.0. The summed E-state index contributed by atoms with van der Waals surface area (Å²) in [6.45, 7) is 2.09. The lowest BCUT2D eigenvalue weighted by atomic mass is 9.95. The Morgan fingerprint density at radius 1 is 1.07 bits per heavy atom. The van der Waals surface area contributed by atoms with Gasteiger partial charge in [-0.2, -0.15) is 0 Å². The van der Waals surface area contributed by atoms with Crippen LogP contribution in [0.25, 0.3) is 0 Å². The van der Waals surface area contributed by atoms with Crippen LogP contribution in [0.15, 0.2) is 47.4 Å². The highest BCUT2D eigenvalue weighted by Gasteiger charge is 2.21. The third kappa shape index (κ3) is 5.83. The summed E-state index contributed by atoms with van der Waals surface area (Å²) in [5.41, 5.74) is 2.19. The highest BCUT2D eigenvalue weighted by Crippen LogP contribution is 2.20. The van der Waals surface area contributed by atoms with Crippen LogP contribution in [-0.4, -0.2) is 34.0 Å². The Morgan fingerprint density at radius 3 is 2.43 bits per heavy atom. The van der Waals surface area contributed by atoms with Crippen molar-refractivity contribution in [3.63, 3.8) is 0 Å². The SMILES string of the molecule is COc1ccc(CCNS(=O)(=O)c2ccc(C)c(C(=O)NC3CCCCC3)c2)cc1. The Morgan fingerprint density at radius 2 is 1.77 bits per heavy atom. The lowest BCUT2D eigenvalue weighted by Gasteiger charge is -2.23. The number of aryl methyl sites for hydroxylation is 1. The summed E-state index contributed by atoms with van der Waals surface area (Å²) < 4.78 is 33.2. The Balaban J connectivity index is 1.64. The summed E-state index contributed by atoms with van der Waals surface area (Å²) in [4.78, 5) is 12.8. The zero-order valence-electron chi connectivity index (χ0n) is 17.6. The molecule has 6 nitrogen and oxygen atoms in total. The number of nitrogens with one attached hydrogen (secondary N) is 2. The molecule has 1 amide bonds. The maximum absolute atomic E-state index is 12.7. The van der Waals surface area contributed by atoms with Gasteiger partial charge in [-0.25, -0.2) is 13.1 Å². The van der Waals surface area contributed by atoms with Crippen molar-refractivity contribution < 1.29 is 17.9 Å². The summed E-state index contributed by atoms with van der Waals surface area (Å²) >= 11 is 0. The van der Waals surface area contributed by atoms with E-state index in [9.17, 15) is 13.2 Å². The minimum atomic E-state index is -3.70. The summed E-state index contributed by atoms with van der Waals surface area (Å²) in [7, 11) is -2.10. The van der Waals surface area contributed by atoms with Gasteiger partial charge in [0.05, 0.1) is 12.0 Å². The Kier molecular flexibility index (Phi) is 7.50. The van der Waals surface area contributed by atoms with Crippen LogP contribution in [0.4, 0.5) is 0 Å². The Bertz CT molecular complexity index is 965. The van der Waals surface area contributed by atoms with Crippen LogP contribution in [0.5, 0.6) is 5.75 Å². The fourth-order valence-corrected chi connectivity index (χ4v) is 4.79. The van der Waals surface area contributed by atoms with E-state index < -0.39 is 10.0 Å². The van der Waals surface area contributed by atoms with Crippen molar-refractivity contribution in [2.24, 2.45) is 0 Å². The molecule has 0 bridgehead atoms. The first-order chi connectivity index (χ1) is 14.4. The van der Waals surface area contributed by atoms with Crippen molar-refractivity contribution in [2.75, 3.05) is 13.7 Å². The number of carbonyl (C=O) groups is 1. The molecule has 3 rings (SSSR count). The quantitative estimate of drug-likeness (QED) is 0.670. The molecule has 162 valence electrons. The van der Waals surface area contributed by atoms with Crippen molar-refractivity contribution >= 4 is 15.9 Å². The second-order valence-corrected chi connectivity index (χ2v) is 9.55. The van der Waals surface area contributed by atoms with Crippen molar-refractivity contribution in [1.29, 1.82) is 0 Å². The third-order valence-corrected chi connectivity index (χ3v) is 7.03. The molecule has 0 radical (unpaired) electrons. The summed E-state index contributed by atoms with van der Waals surface area (Å²) in [6, 6.07) is 12.4. The first-order valence-electron chi connectivity index (χ1n) is 10.4. The second kappa shape index (κ2) is 10.1. The van der Waals surface area contributed by atoms with E-state index in [1.165, 1.54) is 12.5 Å². The number of ether oxygens (including phenoxy) is 1. The molecule has 30 heavy (non-hydrogen) atoms. The van der Waals surface area contributed by atoms with E-state index in [4.69, 9.17) is 4.74 Å². The van der Waals surface area contributed by atoms with Gasteiger partial charge in [-0.05, 0) is 61.6 Å². The van der Waals surface area contributed by atoms with E-state index in [2.05, 4.69) is 10.0 Å². The monoisotopic (exact) mass is 430 g/mol. The van der Waals surface area contributed by atoms with Crippen LogP contribution in [0.3, 0.4) is 0 Å². The first-order valence-corrected chi connectivity index (χ1v) is 11.9. The average molecular weight is 431 g/mol. The van der Waals surface area contributed by atoms with Crippen LogP contribution >= 0.6 is 0 Å². The zero-order valence-corrected chi connectivity index (χ0v) is 18.4. The van der Waals surface area contributed by atoms with Crippen LogP contribution in [-0.2, 0) is 16.4 Å². The van der Waals surface area contributed by atoms with Crippen molar-refractivity contribution in [3.05, 3.63) is 59.2 Å². The van der Waals surface area contributed by atoms with Crippen molar-refractivity contribution in [2.45, 2.75) is 56.4 Å². The van der Waals surface area contributed by atoms with E-state index >= 15 is 0 Å². The fourth-order valence-electron chi connectivity index (χ4n) is 3.73. The highest BCUT2D eigenvalue weighted by molar-refractivity contribution is 7.89. The molecule has 1 aliphatic rings. The maximum Gasteiger partial charge on any atom is 0.251 e. The van der Waals surface area contributed by atoms with E-state index in [-0.39, 0.29) is 23.4 Å². The molecular formula is C23H30N2O4S. The van der Waals surface area contributed by atoms with Gasteiger partial charge in [0, 0.05) is 18.2 Å². The van der Waals surface area contributed by atoms with E-state index in [1.807, 2.05) is 31.2 Å². The number of benzene rings is 2. The predicted octanol–water partition coefficient (Wildman–Crippen LogP) is 3.59. The zero-order chi connectivity index (χ0) is 21.6. The average Bonchev–Trinajstić information content (AvgIpc) is 2.75. The molecule has 0 atom stereocenters. The lowest BCUT2D eigenvalue weighted by molar-refractivity contribution is 0.0927. The lowest BCUT2D eigenvalue weighted by Crippen LogP contribution is -2.36. The highest BCUT2D eigenvalue weighted by atomic mass is 32.2. The van der Waals surface area contributed by atoms with Gasteiger partial charge in [0.1, 0.15) is 5.75 Å². The number of sulfonamides is 1. The largest absolute Gasteiger partial charge is 0.497 e. The van der Waals surface area contributed by atoms with Gasteiger partial charge in [-0.1, -0.05) is 37.5 Å². The van der Waals surface area contributed by atoms with Gasteiger partial charge in [0.2, 0.25) is 10.0 Å². The van der Waals surface area contributed by atoms with Crippen molar-refractivity contribution in [1.82, 2.24) is 10.0 Å². The topological polar surface area (TPSA) is 84.5 Å². The summed E-state index contributed by atoms with van der Waals surface area (Å²) in [6.07, 6.45) is 5.98. The molecule has 0 aromatic heterocycles. The second-order valence-electron chi connectivity index (χ2n) is 7.78. The minimum Gasteiger partial charge on any atom is -0.497 e. The molecule has 7 heteroatoms. The van der Waals surface area contributed by atoms with Crippen LogP contribution in [0.2, 0.25) is 0 Å². The molecular weight excluding hydrogens is 400 g/mol. The molecule has 2 aromatic rings. The molecule has 0 spiro atoms. The van der Waals surface area contributed by atoms with Crippen LogP contribution in [0.1, 0.15) is 53.6 Å². The molecule has 2 N–H and O–H groups in total. The number of amides is 1. The smallest absolute Gasteiger partial charge is 0.251 e. The maximum atomic E-state index is 12.7. The molecule has 1 saturated carbocycles. The predicted molar refractivity (Wildman–Crippen MR) is 117 cm³/mol. The first kappa shape index (κ1) is 22.3. The summed E-state index contributed by atoms with van der Waals surface area (Å²) in [5.74, 6) is 0.563. The molecule has 1 fully saturated rings. The van der Waals surface area contributed by atoms with E-state index in [1.54, 1.807) is 19.2 Å².